The number of fused-ring (bicyclic) bond motifs is 1. The number of hydrogen-bond donors (Lipinski definition) is 3. The summed E-state index contributed by atoms with van der Waals surface area (Å²) in [6.45, 7) is 5.17. The minimum atomic E-state index is -1.06. The number of thioether (sulfide) groups is 2. The molecule has 2 heterocycles. The molecule has 118 valence electrons. The van der Waals surface area contributed by atoms with Crippen LogP contribution in [0.1, 0.15) is 13.3 Å². The lowest BCUT2D eigenvalue weighted by Crippen LogP contribution is -2.65. The number of aliphatic hydroxyl groups is 2. The van der Waals surface area contributed by atoms with Gasteiger partial charge in [0.15, 0.2) is 6.04 Å². The Hall–Kier alpha value is -0.700. The fourth-order valence-corrected chi connectivity index (χ4v) is 6.56. The number of hydrogen-bond acceptors (Lipinski definition) is 6. The molecule has 5 atom stereocenters. The number of β-lactam (4-membered cyclic amide) rings is 1. The Morgan fingerprint density at radius 1 is 1.67 bits per heavy atom. The summed E-state index contributed by atoms with van der Waals surface area (Å²) in [6, 6.07) is -0.968. The van der Waals surface area contributed by atoms with Gasteiger partial charge in [0.2, 0.25) is 5.91 Å². The molecule has 2 rings (SSSR count). The molecule has 6 nitrogen and oxygen atoms in total. The van der Waals surface area contributed by atoms with Crippen molar-refractivity contribution in [2.45, 2.75) is 34.9 Å². The van der Waals surface area contributed by atoms with E-state index in [0.29, 0.717) is 12.2 Å². The molecule has 3 unspecified atom stereocenters. The zero-order chi connectivity index (χ0) is 15.8. The van der Waals surface area contributed by atoms with Gasteiger partial charge in [0, 0.05) is 5.75 Å². The van der Waals surface area contributed by atoms with Gasteiger partial charge in [0.05, 0.1) is 28.1 Å². The van der Waals surface area contributed by atoms with Crippen LogP contribution in [0, 0.1) is 5.92 Å². The first kappa shape index (κ1) is 16.7. The number of aliphatic hydroxyl groups excluding tert-OH is 2. The average molecular weight is 333 g/mol. The normalized spacial score (nSPS) is 36.0. The molecular formula is C13H19NO5S2. The summed E-state index contributed by atoms with van der Waals surface area (Å²) in [4.78, 5) is 25.2. The van der Waals surface area contributed by atoms with E-state index >= 15 is 0 Å². The molecule has 0 spiro atoms. The SMILES string of the molecule is C=CCC1(SCCO)S[C@@H]2[C@@H](C(C)O)C(=O)N2C1C(=O)O. The molecule has 2 saturated heterocycles. The summed E-state index contributed by atoms with van der Waals surface area (Å²) < 4.78 is -0.764. The first-order chi connectivity index (χ1) is 9.89. The van der Waals surface area contributed by atoms with Crippen LogP contribution in [0.4, 0.5) is 0 Å². The van der Waals surface area contributed by atoms with Gasteiger partial charge < -0.3 is 20.2 Å². The average Bonchev–Trinajstić information content (AvgIpc) is 2.68. The molecular weight excluding hydrogens is 314 g/mol. The molecule has 21 heavy (non-hydrogen) atoms. The molecule has 0 aliphatic carbocycles. The van der Waals surface area contributed by atoms with Gasteiger partial charge in [-0.25, -0.2) is 4.79 Å². The van der Waals surface area contributed by atoms with Crippen molar-refractivity contribution in [3.63, 3.8) is 0 Å². The molecule has 8 heteroatoms. The Morgan fingerprint density at radius 3 is 2.81 bits per heavy atom. The standard InChI is InChI=1S/C13H19NO5S2/c1-3-4-13(20-6-5-15)9(12(18)19)14-10(17)8(7(2)16)11(14)21-13/h3,7-9,11,15-16H,1,4-6H2,2H3,(H,18,19)/t7?,8-,9?,11+,13?/m0/s1. The van der Waals surface area contributed by atoms with Crippen molar-refractivity contribution in [3.8, 4) is 0 Å². The molecule has 0 aromatic rings. The molecule has 3 N–H and O–H groups in total. The van der Waals surface area contributed by atoms with Gasteiger partial charge in [0.1, 0.15) is 0 Å². The summed E-state index contributed by atoms with van der Waals surface area (Å²) in [5.41, 5.74) is 0. The zero-order valence-corrected chi connectivity index (χ0v) is 13.3. The number of allylic oxidation sites excluding steroid dienone is 1. The second-order valence-corrected chi connectivity index (χ2v) is 8.27. The minimum absolute atomic E-state index is 0.0606. The van der Waals surface area contributed by atoms with E-state index in [9.17, 15) is 19.8 Å². The number of carbonyl (C=O) groups is 2. The van der Waals surface area contributed by atoms with Crippen molar-refractivity contribution in [2.24, 2.45) is 5.92 Å². The van der Waals surface area contributed by atoms with Crippen molar-refractivity contribution < 1.29 is 24.9 Å². The van der Waals surface area contributed by atoms with Crippen LogP contribution < -0.4 is 0 Å². The second kappa shape index (κ2) is 6.20. The predicted octanol–water partition coefficient (Wildman–Crippen LogP) is 0.350. The van der Waals surface area contributed by atoms with Gasteiger partial charge in [-0.05, 0) is 13.3 Å². The molecule has 1 amide bonds. The fraction of sp³-hybridized carbons (Fsp3) is 0.692. The van der Waals surface area contributed by atoms with E-state index in [0.717, 1.165) is 0 Å². The highest BCUT2D eigenvalue weighted by Gasteiger charge is 2.67. The van der Waals surface area contributed by atoms with Crippen LogP contribution in [0.3, 0.4) is 0 Å². The van der Waals surface area contributed by atoms with Crippen molar-refractivity contribution in [2.75, 3.05) is 12.4 Å². The van der Waals surface area contributed by atoms with Crippen molar-refractivity contribution >= 4 is 35.4 Å². The quantitative estimate of drug-likeness (QED) is 0.457. The Bertz CT molecular complexity index is 458. The molecule has 0 saturated carbocycles. The van der Waals surface area contributed by atoms with E-state index in [2.05, 4.69) is 6.58 Å². The molecule has 0 bridgehead atoms. The number of aliphatic carboxylic acids is 1. The molecule has 0 aromatic carbocycles. The summed E-state index contributed by atoms with van der Waals surface area (Å²) >= 11 is 2.74. The predicted molar refractivity (Wildman–Crippen MR) is 81.9 cm³/mol. The lowest BCUT2D eigenvalue weighted by molar-refractivity contribution is -0.167. The maximum Gasteiger partial charge on any atom is 0.328 e. The largest absolute Gasteiger partial charge is 0.480 e. The second-order valence-electron chi connectivity index (χ2n) is 5.14. The highest BCUT2D eigenvalue weighted by molar-refractivity contribution is 8.19. The summed E-state index contributed by atoms with van der Waals surface area (Å²) in [7, 11) is 0. The van der Waals surface area contributed by atoms with E-state index in [1.165, 1.54) is 28.4 Å². The highest BCUT2D eigenvalue weighted by Crippen LogP contribution is 2.60. The smallest absolute Gasteiger partial charge is 0.328 e. The van der Waals surface area contributed by atoms with Gasteiger partial charge in [-0.2, -0.15) is 0 Å². The van der Waals surface area contributed by atoms with E-state index in [1.54, 1.807) is 13.0 Å². The van der Waals surface area contributed by atoms with E-state index < -0.39 is 28.1 Å². The van der Waals surface area contributed by atoms with Gasteiger partial charge >= 0.3 is 5.97 Å². The van der Waals surface area contributed by atoms with Crippen LogP contribution in [-0.4, -0.2) is 66.1 Å². The summed E-state index contributed by atoms with van der Waals surface area (Å²) in [5.74, 6) is -1.54. The molecule has 0 radical (unpaired) electrons. The number of rotatable bonds is 7. The first-order valence-corrected chi connectivity index (χ1v) is 8.52. The molecule has 0 aromatic heterocycles. The number of amides is 1. The lowest BCUT2D eigenvalue weighted by Gasteiger charge is -2.44. The third kappa shape index (κ3) is 2.58. The Morgan fingerprint density at radius 2 is 2.33 bits per heavy atom. The fourth-order valence-electron chi connectivity index (χ4n) is 2.90. The maximum atomic E-state index is 12.2. The van der Waals surface area contributed by atoms with E-state index in [1.807, 2.05) is 0 Å². The monoisotopic (exact) mass is 333 g/mol. The molecule has 2 fully saturated rings. The summed E-state index contributed by atoms with van der Waals surface area (Å²) in [6.07, 6.45) is 1.25. The van der Waals surface area contributed by atoms with Crippen molar-refractivity contribution in [1.29, 1.82) is 0 Å². The lowest BCUT2D eigenvalue weighted by atomic mass is 9.90. The number of carboxylic acid groups (broad SMARTS) is 1. The van der Waals surface area contributed by atoms with Gasteiger partial charge in [-0.3, -0.25) is 4.79 Å². The number of nitrogens with zero attached hydrogens (tertiary/aromatic N) is 1. The van der Waals surface area contributed by atoms with Crippen LogP contribution in [0.2, 0.25) is 0 Å². The van der Waals surface area contributed by atoms with E-state index in [-0.39, 0.29) is 17.9 Å². The Labute approximate surface area is 131 Å². The van der Waals surface area contributed by atoms with Gasteiger partial charge in [0.25, 0.3) is 0 Å². The Kier molecular flexibility index (Phi) is 4.92. The molecule has 2 aliphatic heterocycles. The third-order valence-corrected chi connectivity index (χ3v) is 7.21. The van der Waals surface area contributed by atoms with Gasteiger partial charge in [-0.15, -0.1) is 30.1 Å². The van der Waals surface area contributed by atoms with Crippen LogP contribution >= 0.6 is 23.5 Å². The zero-order valence-electron chi connectivity index (χ0n) is 11.6. The minimum Gasteiger partial charge on any atom is -0.480 e. The molecule has 2 aliphatic rings. The number of carboxylic acids is 1. The van der Waals surface area contributed by atoms with Gasteiger partial charge in [-0.1, -0.05) is 6.08 Å². The number of carbonyl (C=O) groups excluding carboxylic acids is 1. The summed E-state index contributed by atoms with van der Waals surface area (Å²) in [5, 5.41) is 28.0. The maximum absolute atomic E-state index is 12.2. The van der Waals surface area contributed by atoms with Crippen LogP contribution in [0.15, 0.2) is 12.7 Å². The van der Waals surface area contributed by atoms with Crippen LogP contribution in [0.5, 0.6) is 0 Å². The van der Waals surface area contributed by atoms with E-state index in [4.69, 9.17) is 5.11 Å². The first-order valence-electron chi connectivity index (χ1n) is 6.66. The topological polar surface area (TPSA) is 98.1 Å². The third-order valence-electron chi connectivity index (χ3n) is 3.76. The van der Waals surface area contributed by atoms with Crippen molar-refractivity contribution in [1.82, 2.24) is 4.90 Å². The van der Waals surface area contributed by atoms with Crippen molar-refractivity contribution in [3.05, 3.63) is 12.7 Å². The van der Waals surface area contributed by atoms with Crippen LogP contribution in [-0.2, 0) is 9.59 Å². The van der Waals surface area contributed by atoms with Crippen LogP contribution in [0.25, 0.3) is 0 Å². The highest BCUT2D eigenvalue weighted by atomic mass is 32.2. The Balaban J connectivity index is 2.34.